The standard InChI is InChI=1S/C11H6BrN3OS/c12-10-14-15-11(17-10)16-8-4-3-7-2-1-5-13-9(7)6-8/h1-6H. The molecule has 0 unspecified atom stereocenters. The van der Waals surface area contributed by atoms with Crippen LogP contribution in [0.1, 0.15) is 0 Å². The maximum atomic E-state index is 5.58. The molecular weight excluding hydrogens is 302 g/mol. The summed E-state index contributed by atoms with van der Waals surface area (Å²) in [6, 6.07) is 9.65. The molecule has 84 valence electrons. The van der Waals surface area contributed by atoms with Crippen LogP contribution in [-0.4, -0.2) is 15.2 Å². The third-order valence-electron chi connectivity index (χ3n) is 2.16. The van der Waals surface area contributed by atoms with Gasteiger partial charge in [0.05, 0.1) is 5.52 Å². The number of pyridine rings is 1. The summed E-state index contributed by atoms with van der Waals surface area (Å²) in [6.45, 7) is 0. The molecule has 2 aromatic heterocycles. The molecule has 2 heterocycles. The number of nitrogens with zero attached hydrogens (tertiary/aromatic N) is 3. The molecule has 0 fully saturated rings. The maximum Gasteiger partial charge on any atom is 0.300 e. The number of rotatable bonds is 2. The van der Waals surface area contributed by atoms with E-state index in [1.165, 1.54) is 11.3 Å². The lowest BCUT2D eigenvalue weighted by molar-refractivity contribution is 0.474. The van der Waals surface area contributed by atoms with Crippen molar-refractivity contribution in [2.75, 3.05) is 0 Å². The molecule has 17 heavy (non-hydrogen) atoms. The van der Waals surface area contributed by atoms with Crippen LogP contribution in [0, 0.1) is 0 Å². The zero-order valence-electron chi connectivity index (χ0n) is 8.50. The molecule has 6 heteroatoms. The van der Waals surface area contributed by atoms with Crippen LogP contribution in [0.25, 0.3) is 10.9 Å². The molecule has 1 aromatic carbocycles. The van der Waals surface area contributed by atoms with E-state index in [1.54, 1.807) is 6.20 Å². The molecule has 0 bridgehead atoms. The number of benzene rings is 1. The molecule has 0 aliphatic rings. The summed E-state index contributed by atoms with van der Waals surface area (Å²) in [7, 11) is 0. The van der Waals surface area contributed by atoms with Crippen LogP contribution in [0.5, 0.6) is 10.9 Å². The van der Waals surface area contributed by atoms with Crippen LogP contribution in [-0.2, 0) is 0 Å². The van der Waals surface area contributed by atoms with E-state index in [0.29, 0.717) is 14.9 Å². The fourth-order valence-electron chi connectivity index (χ4n) is 1.44. The SMILES string of the molecule is Brc1nnc(Oc2ccc3cccnc3c2)s1. The molecule has 3 rings (SSSR count). The van der Waals surface area contributed by atoms with Gasteiger partial charge in [0.25, 0.3) is 5.19 Å². The first-order valence-electron chi connectivity index (χ1n) is 4.83. The summed E-state index contributed by atoms with van der Waals surface area (Å²) >= 11 is 4.58. The Kier molecular flexibility index (Phi) is 2.74. The van der Waals surface area contributed by atoms with Gasteiger partial charge in [-0.15, -0.1) is 5.10 Å². The molecule has 0 radical (unpaired) electrons. The van der Waals surface area contributed by atoms with E-state index in [4.69, 9.17) is 4.74 Å². The third kappa shape index (κ3) is 2.27. The van der Waals surface area contributed by atoms with Gasteiger partial charge in [0.1, 0.15) is 5.75 Å². The molecule has 0 saturated heterocycles. The van der Waals surface area contributed by atoms with Crippen molar-refractivity contribution in [1.82, 2.24) is 15.2 Å². The number of ether oxygens (including phenoxy) is 1. The van der Waals surface area contributed by atoms with E-state index in [9.17, 15) is 0 Å². The minimum atomic E-state index is 0.507. The van der Waals surface area contributed by atoms with E-state index in [2.05, 4.69) is 31.1 Å². The van der Waals surface area contributed by atoms with Gasteiger partial charge in [-0.2, -0.15) is 0 Å². The quantitative estimate of drug-likeness (QED) is 0.725. The highest BCUT2D eigenvalue weighted by Gasteiger charge is 2.04. The minimum Gasteiger partial charge on any atom is -0.430 e. The van der Waals surface area contributed by atoms with Crippen LogP contribution < -0.4 is 4.74 Å². The van der Waals surface area contributed by atoms with Gasteiger partial charge in [0.15, 0.2) is 3.92 Å². The molecule has 0 atom stereocenters. The number of fused-ring (bicyclic) bond motifs is 1. The number of halogens is 1. The number of hydrogen-bond donors (Lipinski definition) is 0. The highest BCUT2D eigenvalue weighted by atomic mass is 79.9. The van der Waals surface area contributed by atoms with Crippen LogP contribution in [0.2, 0.25) is 0 Å². The third-order valence-corrected chi connectivity index (χ3v) is 3.40. The average Bonchev–Trinajstić information content (AvgIpc) is 2.75. The lowest BCUT2D eigenvalue weighted by Gasteiger charge is -2.02. The second-order valence-corrected chi connectivity index (χ2v) is 5.50. The highest BCUT2D eigenvalue weighted by molar-refractivity contribution is 9.11. The van der Waals surface area contributed by atoms with E-state index < -0.39 is 0 Å². The molecular formula is C11H6BrN3OS. The van der Waals surface area contributed by atoms with Crippen LogP contribution >= 0.6 is 27.3 Å². The summed E-state index contributed by atoms with van der Waals surface area (Å²) in [5.74, 6) is 0.708. The largest absolute Gasteiger partial charge is 0.430 e. The lowest BCUT2D eigenvalue weighted by atomic mass is 10.2. The molecule has 0 aliphatic carbocycles. The second kappa shape index (κ2) is 4.38. The predicted molar refractivity (Wildman–Crippen MR) is 69.4 cm³/mol. The lowest BCUT2D eigenvalue weighted by Crippen LogP contribution is -1.84. The summed E-state index contributed by atoms with van der Waals surface area (Å²) in [5, 5.41) is 9.28. The molecule has 0 spiro atoms. The summed E-state index contributed by atoms with van der Waals surface area (Å²) in [5.41, 5.74) is 0.897. The van der Waals surface area contributed by atoms with Gasteiger partial charge in [-0.1, -0.05) is 11.2 Å². The Morgan fingerprint density at radius 2 is 2.12 bits per heavy atom. The van der Waals surface area contributed by atoms with Crippen molar-refractivity contribution < 1.29 is 4.74 Å². The number of hydrogen-bond acceptors (Lipinski definition) is 5. The van der Waals surface area contributed by atoms with Gasteiger partial charge in [-0.3, -0.25) is 4.98 Å². The van der Waals surface area contributed by atoms with E-state index in [-0.39, 0.29) is 0 Å². The van der Waals surface area contributed by atoms with Crippen molar-refractivity contribution >= 4 is 38.2 Å². The Labute approximate surface area is 109 Å². The van der Waals surface area contributed by atoms with Crippen LogP contribution in [0.3, 0.4) is 0 Å². The molecule has 0 saturated carbocycles. The first-order chi connectivity index (χ1) is 8.31. The zero-order chi connectivity index (χ0) is 11.7. The Morgan fingerprint density at radius 1 is 1.18 bits per heavy atom. The summed E-state index contributed by atoms with van der Waals surface area (Å²) in [4.78, 5) is 4.27. The maximum absolute atomic E-state index is 5.58. The van der Waals surface area contributed by atoms with Gasteiger partial charge in [-0.05, 0) is 45.5 Å². The molecule has 0 aliphatic heterocycles. The summed E-state index contributed by atoms with van der Waals surface area (Å²) < 4.78 is 6.28. The number of aromatic nitrogens is 3. The van der Waals surface area contributed by atoms with E-state index in [0.717, 1.165) is 10.9 Å². The Hall–Kier alpha value is -1.53. The molecule has 0 N–H and O–H groups in total. The average molecular weight is 308 g/mol. The smallest absolute Gasteiger partial charge is 0.300 e. The van der Waals surface area contributed by atoms with Crippen LogP contribution in [0.4, 0.5) is 0 Å². The van der Waals surface area contributed by atoms with Gasteiger partial charge in [0, 0.05) is 17.6 Å². The van der Waals surface area contributed by atoms with E-state index >= 15 is 0 Å². The Bertz CT molecular complexity index is 670. The first-order valence-corrected chi connectivity index (χ1v) is 6.44. The Balaban J connectivity index is 1.95. The minimum absolute atomic E-state index is 0.507. The van der Waals surface area contributed by atoms with Crippen molar-refractivity contribution in [3.05, 3.63) is 40.4 Å². The molecule has 4 nitrogen and oxygen atoms in total. The molecule has 3 aromatic rings. The van der Waals surface area contributed by atoms with Crippen molar-refractivity contribution in [3.63, 3.8) is 0 Å². The second-order valence-electron chi connectivity index (χ2n) is 3.28. The first kappa shape index (κ1) is 10.6. The van der Waals surface area contributed by atoms with Crippen LogP contribution in [0.15, 0.2) is 40.4 Å². The van der Waals surface area contributed by atoms with Gasteiger partial charge in [-0.25, -0.2) is 0 Å². The van der Waals surface area contributed by atoms with E-state index in [1.807, 2.05) is 30.3 Å². The fraction of sp³-hybridized carbons (Fsp3) is 0. The zero-order valence-corrected chi connectivity index (χ0v) is 10.9. The molecule has 0 amide bonds. The van der Waals surface area contributed by atoms with Crippen molar-refractivity contribution in [2.45, 2.75) is 0 Å². The fourth-order valence-corrected chi connectivity index (χ4v) is 2.38. The monoisotopic (exact) mass is 307 g/mol. The topological polar surface area (TPSA) is 47.9 Å². The normalized spacial score (nSPS) is 10.6. The summed E-state index contributed by atoms with van der Waals surface area (Å²) in [6.07, 6.45) is 1.76. The predicted octanol–water partition coefficient (Wildman–Crippen LogP) is 3.64. The van der Waals surface area contributed by atoms with Gasteiger partial charge >= 0.3 is 0 Å². The van der Waals surface area contributed by atoms with Crippen molar-refractivity contribution in [2.24, 2.45) is 0 Å². The van der Waals surface area contributed by atoms with Gasteiger partial charge < -0.3 is 4.74 Å². The van der Waals surface area contributed by atoms with Gasteiger partial charge in [0.2, 0.25) is 0 Å². The van der Waals surface area contributed by atoms with Crippen molar-refractivity contribution in [3.8, 4) is 10.9 Å². The van der Waals surface area contributed by atoms with Crippen molar-refractivity contribution in [1.29, 1.82) is 0 Å². The highest BCUT2D eigenvalue weighted by Crippen LogP contribution is 2.28. The Morgan fingerprint density at radius 3 is 2.94 bits per heavy atom.